The first kappa shape index (κ1) is 13.3. The Bertz CT molecular complexity index is 583. The van der Waals surface area contributed by atoms with Gasteiger partial charge in [-0.1, -0.05) is 15.9 Å². The molecule has 3 rings (SSSR count). The molecular weight excluding hydrogens is 330 g/mol. The van der Waals surface area contributed by atoms with Crippen molar-refractivity contribution in [3.8, 4) is 0 Å². The Kier molecular flexibility index (Phi) is 3.72. The van der Waals surface area contributed by atoms with Gasteiger partial charge in [0.25, 0.3) is 0 Å². The van der Waals surface area contributed by atoms with Crippen LogP contribution in [-0.4, -0.2) is 0 Å². The molecule has 1 unspecified atom stereocenters. The van der Waals surface area contributed by atoms with Crippen molar-refractivity contribution >= 4 is 27.3 Å². The van der Waals surface area contributed by atoms with E-state index in [2.05, 4.69) is 22.0 Å². The molecule has 0 nitrogen and oxygen atoms in total. The molecule has 2 aromatic rings. The number of benzene rings is 1. The fraction of sp³-hybridized carbons (Fsp3) is 0.333. The maximum Gasteiger partial charge on any atom is 0.128 e. The zero-order valence-electron chi connectivity index (χ0n) is 10.3. The molecule has 1 aliphatic rings. The minimum atomic E-state index is -0.401. The van der Waals surface area contributed by atoms with Gasteiger partial charge in [-0.25, -0.2) is 8.78 Å². The molecule has 0 amide bonds. The second-order valence-electron chi connectivity index (χ2n) is 4.83. The van der Waals surface area contributed by atoms with E-state index in [9.17, 15) is 8.78 Å². The van der Waals surface area contributed by atoms with Gasteiger partial charge in [0.1, 0.15) is 11.6 Å². The zero-order valence-corrected chi connectivity index (χ0v) is 12.7. The third-order valence-corrected chi connectivity index (χ3v) is 6.09. The van der Waals surface area contributed by atoms with Crippen LogP contribution in [0, 0.1) is 11.6 Å². The molecule has 100 valence electrons. The fourth-order valence-electron chi connectivity index (χ4n) is 2.50. The van der Waals surface area contributed by atoms with Gasteiger partial charge in [0, 0.05) is 15.3 Å². The summed E-state index contributed by atoms with van der Waals surface area (Å²) in [6.45, 7) is 0. The lowest BCUT2D eigenvalue weighted by Crippen LogP contribution is -1.97. The highest BCUT2D eigenvalue weighted by atomic mass is 79.9. The standard InChI is InChI=1S/C15H13BrF2S/c16-15(11-8-10(17)5-6-12(11)18)14-7-9-3-1-2-4-13(9)19-14/h5-8,15H,1-4H2. The Morgan fingerprint density at radius 1 is 1.11 bits per heavy atom. The van der Waals surface area contributed by atoms with Gasteiger partial charge in [0.2, 0.25) is 0 Å². The molecule has 1 aromatic carbocycles. The monoisotopic (exact) mass is 342 g/mol. The molecule has 0 N–H and O–H groups in total. The maximum absolute atomic E-state index is 13.8. The van der Waals surface area contributed by atoms with Crippen LogP contribution >= 0.6 is 27.3 Å². The summed E-state index contributed by atoms with van der Waals surface area (Å²) in [6, 6.07) is 5.75. The van der Waals surface area contributed by atoms with Gasteiger partial charge >= 0.3 is 0 Å². The quantitative estimate of drug-likeness (QED) is 0.642. The fourth-order valence-corrected chi connectivity index (χ4v) is 4.52. The highest BCUT2D eigenvalue weighted by Crippen LogP contribution is 2.40. The maximum atomic E-state index is 13.8. The Hall–Kier alpha value is -0.740. The first-order chi connectivity index (χ1) is 9.15. The van der Waals surface area contributed by atoms with Crippen LogP contribution in [0.1, 0.15) is 38.6 Å². The van der Waals surface area contributed by atoms with Crippen LogP contribution in [0.15, 0.2) is 24.3 Å². The summed E-state index contributed by atoms with van der Waals surface area (Å²) >= 11 is 5.23. The SMILES string of the molecule is Fc1ccc(F)c(C(Br)c2cc3c(s2)CCCC3)c1. The summed E-state index contributed by atoms with van der Waals surface area (Å²) in [7, 11) is 0. The number of alkyl halides is 1. The van der Waals surface area contributed by atoms with Crippen molar-refractivity contribution in [2.75, 3.05) is 0 Å². The normalized spacial score (nSPS) is 16.2. The van der Waals surface area contributed by atoms with E-state index in [-0.39, 0.29) is 10.6 Å². The molecular formula is C15H13BrF2S. The Labute approximate surface area is 123 Å². The molecule has 4 heteroatoms. The van der Waals surface area contributed by atoms with Gasteiger partial charge in [0.15, 0.2) is 0 Å². The van der Waals surface area contributed by atoms with Crippen LogP contribution in [-0.2, 0) is 12.8 Å². The predicted molar refractivity (Wildman–Crippen MR) is 78.1 cm³/mol. The summed E-state index contributed by atoms with van der Waals surface area (Å²) in [6.07, 6.45) is 4.68. The first-order valence-electron chi connectivity index (χ1n) is 6.35. The Morgan fingerprint density at radius 3 is 2.68 bits per heavy atom. The minimum Gasteiger partial charge on any atom is -0.207 e. The Morgan fingerprint density at radius 2 is 1.89 bits per heavy atom. The number of rotatable bonds is 2. The Balaban J connectivity index is 1.97. The molecule has 0 fully saturated rings. The lowest BCUT2D eigenvalue weighted by atomic mass is 9.99. The third-order valence-electron chi connectivity index (χ3n) is 3.50. The van der Waals surface area contributed by atoms with Crippen LogP contribution in [0.4, 0.5) is 8.78 Å². The second kappa shape index (κ2) is 5.33. The average molecular weight is 343 g/mol. The second-order valence-corrected chi connectivity index (χ2v) is 6.92. The molecule has 19 heavy (non-hydrogen) atoms. The summed E-state index contributed by atoms with van der Waals surface area (Å²) in [5.74, 6) is -0.767. The average Bonchev–Trinajstić information content (AvgIpc) is 2.84. The highest BCUT2D eigenvalue weighted by Gasteiger charge is 2.21. The van der Waals surface area contributed by atoms with E-state index in [1.807, 2.05) is 0 Å². The van der Waals surface area contributed by atoms with Crippen molar-refractivity contribution < 1.29 is 8.78 Å². The molecule has 0 saturated heterocycles. The smallest absolute Gasteiger partial charge is 0.128 e. The van der Waals surface area contributed by atoms with Crippen LogP contribution < -0.4 is 0 Å². The molecule has 0 radical (unpaired) electrons. The minimum absolute atomic E-state index is 0.265. The van der Waals surface area contributed by atoms with Gasteiger partial charge in [-0.05, 0) is 55.5 Å². The van der Waals surface area contributed by atoms with Gasteiger partial charge < -0.3 is 0 Å². The van der Waals surface area contributed by atoms with Crippen LogP contribution in [0.25, 0.3) is 0 Å². The van der Waals surface area contributed by atoms with Crippen molar-refractivity contribution in [3.63, 3.8) is 0 Å². The van der Waals surface area contributed by atoms with Crippen LogP contribution in [0.5, 0.6) is 0 Å². The van der Waals surface area contributed by atoms with E-state index in [0.29, 0.717) is 5.56 Å². The molecule has 1 aliphatic carbocycles. The molecule has 1 aromatic heterocycles. The first-order valence-corrected chi connectivity index (χ1v) is 8.09. The van der Waals surface area contributed by atoms with E-state index >= 15 is 0 Å². The van der Waals surface area contributed by atoms with E-state index < -0.39 is 5.82 Å². The van der Waals surface area contributed by atoms with Crippen molar-refractivity contribution in [2.45, 2.75) is 30.5 Å². The van der Waals surface area contributed by atoms with Crippen LogP contribution in [0.3, 0.4) is 0 Å². The van der Waals surface area contributed by atoms with E-state index in [1.165, 1.54) is 35.4 Å². The topological polar surface area (TPSA) is 0 Å². The number of hydrogen-bond donors (Lipinski definition) is 0. The number of hydrogen-bond acceptors (Lipinski definition) is 1. The van der Waals surface area contributed by atoms with E-state index in [0.717, 1.165) is 23.8 Å². The van der Waals surface area contributed by atoms with Crippen molar-refractivity contribution in [3.05, 3.63) is 56.8 Å². The molecule has 0 aliphatic heterocycles. The summed E-state index contributed by atoms with van der Waals surface area (Å²) < 4.78 is 27.1. The zero-order chi connectivity index (χ0) is 13.4. The summed E-state index contributed by atoms with van der Waals surface area (Å²) in [4.78, 5) is 2.21. The third kappa shape index (κ3) is 2.61. The van der Waals surface area contributed by atoms with Gasteiger partial charge in [-0.3, -0.25) is 0 Å². The number of halogens is 3. The predicted octanol–water partition coefficient (Wildman–Crippen LogP) is 5.39. The lowest BCUT2D eigenvalue weighted by molar-refractivity contribution is 0.588. The van der Waals surface area contributed by atoms with Gasteiger partial charge in [-0.2, -0.15) is 0 Å². The molecule has 0 spiro atoms. The number of thiophene rings is 1. The lowest BCUT2D eigenvalue weighted by Gasteiger charge is -2.09. The molecule has 0 bridgehead atoms. The summed E-state index contributed by atoms with van der Waals surface area (Å²) in [5.41, 5.74) is 1.76. The van der Waals surface area contributed by atoms with Crippen molar-refractivity contribution in [2.24, 2.45) is 0 Å². The van der Waals surface area contributed by atoms with E-state index in [4.69, 9.17) is 0 Å². The van der Waals surface area contributed by atoms with Crippen molar-refractivity contribution in [1.29, 1.82) is 0 Å². The number of fused-ring (bicyclic) bond motifs is 1. The number of aryl methyl sites for hydroxylation is 2. The summed E-state index contributed by atoms with van der Waals surface area (Å²) in [5, 5.41) is 0. The largest absolute Gasteiger partial charge is 0.207 e. The van der Waals surface area contributed by atoms with Crippen molar-refractivity contribution in [1.82, 2.24) is 0 Å². The van der Waals surface area contributed by atoms with Gasteiger partial charge in [0.05, 0.1) is 4.83 Å². The molecule has 1 atom stereocenters. The van der Waals surface area contributed by atoms with E-state index in [1.54, 1.807) is 11.3 Å². The van der Waals surface area contributed by atoms with Gasteiger partial charge in [-0.15, -0.1) is 11.3 Å². The molecule has 0 saturated carbocycles. The van der Waals surface area contributed by atoms with Crippen LogP contribution in [0.2, 0.25) is 0 Å². The highest BCUT2D eigenvalue weighted by molar-refractivity contribution is 9.09. The molecule has 1 heterocycles.